The van der Waals surface area contributed by atoms with E-state index in [1.54, 1.807) is 45.0 Å². The standard InChI is InChI=1S/C21H27N3O4S/c1-21(2,3)24-29(27,28)18-7-5-4-6-17(18)16-10-8-15(9-11-16)14-23-20(26)13-12-19(22)25/h4-11,24H,12-14H2,1-3H3,(H2,22,25)(H,23,26). The van der Waals surface area contributed by atoms with Crippen LogP contribution in [0.5, 0.6) is 0 Å². The number of amides is 2. The molecule has 0 radical (unpaired) electrons. The van der Waals surface area contributed by atoms with Crippen molar-refractivity contribution in [1.82, 2.24) is 10.0 Å². The van der Waals surface area contributed by atoms with Gasteiger partial charge in [-0.25, -0.2) is 13.1 Å². The fourth-order valence-electron chi connectivity index (χ4n) is 2.73. The van der Waals surface area contributed by atoms with E-state index in [2.05, 4.69) is 10.0 Å². The van der Waals surface area contributed by atoms with Crippen LogP contribution >= 0.6 is 0 Å². The van der Waals surface area contributed by atoms with Gasteiger partial charge in [-0.3, -0.25) is 9.59 Å². The van der Waals surface area contributed by atoms with Gasteiger partial charge in [0.2, 0.25) is 21.8 Å². The van der Waals surface area contributed by atoms with Crippen LogP contribution in [-0.2, 0) is 26.2 Å². The molecular formula is C21H27N3O4S. The van der Waals surface area contributed by atoms with Crippen molar-refractivity contribution in [2.24, 2.45) is 5.73 Å². The molecule has 2 amide bonds. The van der Waals surface area contributed by atoms with Crippen molar-refractivity contribution in [3.05, 3.63) is 54.1 Å². The monoisotopic (exact) mass is 417 g/mol. The summed E-state index contributed by atoms with van der Waals surface area (Å²) in [6, 6.07) is 14.1. The molecule has 0 bridgehead atoms. The van der Waals surface area contributed by atoms with Crippen LogP contribution in [0.25, 0.3) is 11.1 Å². The first-order valence-electron chi connectivity index (χ1n) is 9.25. The molecule has 8 heteroatoms. The van der Waals surface area contributed by atoms with Crippen LogP contribution < -0.4 is 15.8 Å². The fraction of sp³-hybridized carbons (Fsp3) is 0.333. The number of carbonyl (C=O) groups is 2. The lowest BCUT2D eigenvalue weighted by Crippen LogP contribution is -2.40. The van der Waals surface area contributed by atoms with Crippen molar-refractivity contribution in [2.45, 2.75) is 50.6 Å². The third-order valence-electron chi connectivity index (χ3n) is 3.97. The van der Waals surface area contributed by atoms with Gasteiger partial charge in [-0.05, 0) is 38.0 Å². The first kappa shape index (κ1) is 22.6. The number of nitrogens with one attached hydrogen (secondary N) is 2. The Morgan fingerprint density at radius 2 is 1.59 bits per heavy atom. The van der Waals surface area contributed by atoms with E-state index >= 15 is 0 Å². The molecule has 0 atom stereocenters. The van der Waals surface area contributed by atoms with Crippen LogP contribution in [0.3, 0.4) is 0 Å². The highest BCUT2D eigenvalue weighted by Gasteiger charge is 2.24. The molecule has 2 aromatic rings. The summed E-state index contributed by atoms with van der Waals surface area (Å²) in [4.78, 5) is 22.6. The Labute approximate surface area is 171 Å². The summed E-state index contributed by atoms with van der Waals surface area (Å²) in [5.41, 5.74) is 6.64. The minimum atomic E-state index is -3.69. The SMILES string of the molecule is CC(C)(C)NS(=O)(=O)c1ccccc1-c1ccc(CNC(=O)CCC(N)=O)cc1. The Balaban J connectivity index is 2.17. The van der Waals surface area contributed by atoms with Crippen molar-refractivity contribution < 1.29 is 18.0 Å². The average molecular weight is 418 g/mol. The zero-order chi connectivity index (χ0) is 21.7. The van der Waals surface area contributed by atoms with Gasteiger partial charge >= 0.3 is 0 Å². The summed E-state index contributed by atoms with van der Waals surface area (Å²) in [6.45, 7) is 5.68. The van der Waals surface area contributed by atoms with E-state index < -0.39 is 21.5 Å². The summed E-state index contributed by atoms with van der Waals surface area (Å²) >= 11 is 0. The maximum atomic E-state index is 12.8. The Morgan fingerprint density at radius 3 is 2.17 bits per heavy atom. The van der Waals surface area contributed by atoms with E-state index in [9.17, 15) is 18.0 Å². The Kier molecular flexibility index (Phi) is 7.16. The number of hydrogen-bond donors (Lipinski definition) is 3. The highest BCUT2D eigenvalue weighted by atomic mass is 32.2. The quantitative estimate of drug-likeness (QED) is 0.611. The molecule has 0 saturated heterocycles. The van der Waals surface area contributed by atoms with Crippen LogP contribution in [0.15, 0.2) is 53.4 Å². The number of nitrogens with two attached hydrogens (primary N) is 1. The molecule has 7 nitrogen and oxygen atoms in total. The minimum Gasteiger partial charge on any atom is -0.370 e. The van der Waals surface area contributed by atoms with E-state index in [1.807, 2.05) is 24.3 Å². The molecule has 0 heterocycles. The zero-order valence-electron chi connectivity index (χ0n) is 16.9. The van der Waals surface area contributed by atoms with Gasteiger partial charge < -0.3 is 11.1 Å². The molecule has 0 spiro atoms. The van der Waals surface area contributed by atoms with Crippen molar-refractivity contribution >= 4 is 21.8 Å². The summed E-state index contributed by atoms with van der Waals surface area (Å²) in [5, 5.41) is 2.72. The fourth-order valence-corrected chi connectivity index (χ4v) is 4.37. The van der Waals surface area contributed by atoms with Crippen molar-refractivity contribution in [1.29, 1.82) is 0 Å². The van der Waals surface area contributed by atoms with Gasteiger partial charge in [0.25, 0.3) is 0 Å². The van der Waals surface area contributed by atoms with E-state index in [-0.39, 0.29) is 23.6 Å². The number of benzene rings is 2. The van der Waals surface area contributed by atoms with Gasteiger partial charge in [0.1, 0.15) is 0 Å². The van der Waals surface area contributed by atoms with E-state index in [0.29, 0.717) is 12.1 Å². The normalized spacial score (nSPS) is 11.8. The third kappa shape index (κ3) is 6.99. The molecule has 156 valence electrons. The maximum absolute atomic E-state index is 12.8. The van der Waals surface area contributed by atoms with Crippen molar-refractivity contribution in [2.75, 3.05) is 0 Å². The predicted octanol–water partition coefficient (Wildman–Crippen LogP) is 2.31. The predicted molar refractivity (Wildman–Crippen MR) is 112 cm³/mol. The first-order chi connectivity index (χ1) is 13.5. The van der Waals surface area contributed by atoms with Gasteiger partial charge in [0, 0.05) is 30.5 Å². The molecule has 4 N–H and O–H groups in total. The highest BCUT2D eigenvalue weighted by molar-refractivity contribution is 7.89. The summed E-state index contributed by atoms with van der Waals surface area (Å²) in [5.74, 6) is -0.767. The maximum Gasteiger partial charge on any atom is 0.241 e. The van der Waals surface area contributed by atoms with Gasteiger partial charge in [0.15, 0.2) is 0 Å². The number of primary amides is 1. The largest absolute Gasteiger partial charge is 0.370 e. The number of hydrogen-bond acceptors (Lipinski definition) is 4. The lowest BCUT2D eigenvalue weighted by atomic mass is 10.0. The lowest BCUT2D eigenvalue weighted by Gasteiger charge is -2.21. The van der Waals surface area contributed by atoms with Gasteiger partial charge in [-0.2, -0.15) is 0 Å². The van der Waals surface area contributed by atoms with Gasteiger partial charge in [-0.1, -0.05) is 42.5 Å². The average Bonchev–Trinajstić information content (AvgIpc) is 2.63. The minimum absolute atomic E-state index is 0.0125. The van der Waals surface area contributed by atoms with Crippen LogP contribution in [0.2, 0.25) is 0 Å². The Bertz CT molecular complexity index is 978. The lowest BCUT2D eigenvalue weighted by molar-refractivity contribution is -0.125. The van der Waals surface area contributed by atoms with E-state index in [0.717, 1.165) is 11.1 Å². The Hall–Kier alpha value is -2.71. The van der Waals surface area contributed by atoms with Gasteiger partial charge in [-0.15, -0.1) is 0 Å². The van der Waals surface area contributed by atoms with Crippen LogP contribution in [0.4, 0.5) is 0 Å². The molecular weight excluding hydrogens is 390 g/mol. The molecule has 0 aliphatic carbocycles. The molecule has 2 aromatic carbocycles. The molecule has 0 saturated carbocycles. The van der Waals surface area contributed by atoms with Crippen molar-refractivity contribution in [3.63, 3.8) is 0 Å². The van der Waals surface area contributed by atoms with Crippen LogP contribution in [0, 0.1) is 0 Å². The molecule has 0 aliphatic rings. The molecule has 0 aliphatic heterocycles. The number of rotatable bonds is 8. The smallest absolute Gasteiger partial charge is 0.241 e. The third-order valence-corrected chi connectivity index (χ3v) is 5.79. The first-order valence-corrected chi connectivity index (χ1v) is 10.7. The molecule has 2 rings (SSSR count). The zero-order valence-corrected chi connectivity index (χ0v) is 17.7. The van der Waals surface area contributed by atoms with Crippen LogP contribution in [0.1, 0.15) is 39.2 Å². The van der Waals surface area contributed by atoms with Gasteiger partial charge in [0.05, 0.1) is 4.90 Å². The topological polar surface area (TPSA) is 118 Å². The second kappa shape index (κ2) is 9.19. The highest BCUT2D eigenvalue weighted by Crippen LogP contribution is 2.28. The molecule has 0 aromatic heterocycles. The second-order valence-electron chi connectivity index (χ2n) is 7.79. The molecule has 0 unspecified atom stereocenters. The van der Waals surface area contributed by atoms with Crippen molar-refractivity contribution in [3.8, 4) is 11.1 Å². The number of carbonyl (C=O) groups excluding carboxylic acids is 2. The second-order valence-corrected chi connectivity index (χ2v) is 9.44. The summed E-state index contributed by atoms with van der Waals surface area (Å²) in [7, 11) is -3.69. The van der Waals surface area contributed by atoms with E-state index in [4.69, 9.17) is 5.73 Å². The molecule has 0 fully saturated rings. The Morgan fingerprint density at radius 1 is 0.966 bits per heavy atom. The van der Waals surface area contributed by atoms with Crippen LogP contribution in [-0.4, -0.2) is 25.8 Å². The molecule has 29 heavy (non-hydrogen) atoms. The summed E-state index contributed by atoms with van der Waals surface area (Å²) < 4.78 is 28.3. The van der Waals surface area contributed by atoms with E-state index in [1.165, 1.54) is 0 Å². The number of sulfonamides is 1. The summed E-state index contributed by atoms with van der Waals surface area (Å²) in [6.07, 6.45) is 0.0675.